The quantitative estimate of drug-likeness (QED) is 0.278. The van der Waals surface area contributed by atoms with Crippen LogP contribution in [-0.2, 0) is 14.3 Å². The molecule has 164 valence electrons. The van der Waals surface area contributed by atoms with Crippen LogP contribution in [0.5, 0.6) is 17.2 Å². The van der Waals surface area contributed by atoms with E-state index >= 15 is 0 Å². The van der Waals surface area contributed by atoms with Gasteiger partial charge in [0.25, 0.3) is 11.6 Å². The number of carbonyl (C=O) groups excluding carboxylic acids is 2. The Labute approximate surface area is 178 Å². The number of nitro benzene ring substituents is 1. The molecule has 0 aliphatic rings. The Morgan fingerprint density at radius 3 is 2.13 bits per heavy atom. The van der Waals surface area contributed by atoms with Crippen molar-refractivity contribution < 1.29 is 33.5 Å². The van der Waals surface area contributed by atoms with E-state index < -0.39 is 22.9 Å². The zero-order valence-electron chi connectivity index (χ0n) is 17.4. The summed E-state index contributed by atoms with van der Waals surface area (Å²) in [5.74, 6) is 0.0379. The number of hydrogen-bond donors (Lipinski definition) is 1. The van der Waals surface area contributed by atoms with Crippen molar-refractivity contribution in [1.82, 2.24) is 0 Å². The number of anilines is 1. The van der Waals surface area contributed by atoms with Crippen molar-refractivity contribution in [3.8, 4) is 17.2 Å². The summed E-state index contributed by atoms with van der Waals surface area (Å²) in [4.78, 5) is 34.4. The van der Waals surface area contributed by atoms with Crippen LogP contribution >= 0.6 is 0 Å². The SMILES string of the molecule is COc1cc(OC)c(OC)cc1/C=C/C(=O)OC(C)C(=O)Nc1ccc([N+](=O)[O-])cc1. The second kappa shape index (κ2) is 10.6. The minimum atomic E-state index is -1.10. The molecule has 0 aliphatic heterocycles. The first-order valence-corrected chi connectivity index (χ1v) is 9.03. The number of hydrogen-bond acceptors (Lipinski definition) is 8. The largest absolute Gasteiger partial charge is 0.496 e. The van der Waals surface area contributed by atoms with E-state index in [1.54, 1.807) is 12.1 Å². The molecule has 2 aromatic carbocycles. The number of rotatable bonds is 9. The summed E-state index contributed by atoms with van der Waals surface area (Å²) < 4.78 is 20.8. The Morgan fingerprint density at radius 2 is 1.58 bits per heavy atom. The number of carbonyl (C=O) groups is 2. The van der Waals surface area contributed by atoms with Crippen LogP contribution in [0.4, 0.5) is 11.4 Å². The van der Waals surface area contributed by atoms with Crippen molar-refractivity contribution in [2.75, 3.05) is 26.6 Å². The molecular formula is C21H22N2O8. The summed E-state index contributed by atoms with van der Waals surface area (Å²) in [6.07, 6.45) is 1.52. The lowest BCUT2D eigenvalue weighted by atomic mass is 10.1. The maximum atomic E-state index is 12.2. The third-order valence-corrected chi connectivity index (χ3v) is 4.14. The van der Waals surface area contributed by atoms with Gasteiger partial charge in [0.05, 0.1) is 26.3 Å². The highest BCUT2D eigenvalue weighted by molar-refractivity contribution is 5.96. The average molecular weight is 430 g/mol. The number of benzene rings is 2. The highest BCUT2D eigenvalue weighted by Crippen LogP contribution is 2.35. The fourth-order valence-corrected chi connectivity index (χ4v) is 2.52. The number of methoxy groups -OCH3 is 3. The van der Waals surface area contributed by atoms with Gasteiger partial charge in [-0.2, -0.15) is 0 Å². The molecule has 0 heterocycles. The molecule has 10 heteroatoms. The topological polar surface area (TPSA) is 126 Å². The number of non-ortho nitro benzene ring substituents is 1. The van der Waals surface area contributed by atoms with E-state index in [4.69, 9.17) is 18.9 Å². The van der Waals surface area contributed by atoms with Crippen LogP contribution < -0.4 is 19.5 Å². The lowest BCUT2D eigenvalue weighted by Crippen LogP contribution is -2.29. The number of nitro groups is 1. The molecule has 10 nitrogen and oxygen atoms in total. The van der Waals surface area contributed by atoms with Crippen molar-refractivity contribution in [1.29, 1.82) is 0 Å². The summed E-state index contributed by atoms with van der Waals surface area (Å²) in [6, 6.07) is 8.52. The van der Waals surface area contributed by atoms with E-state index in [2.05, 4.69) is 5.32 Å². The molecular weight excluding hydrogens is 408 g/mol. The maximum Gasteiger partial charge on any atom is 0.331 e. The summed E-state index contributed by atoms with van der Waals surface area (Å²) in [6.45, 7) is 1.41. The molecule has 0 aliphatic carbocycles. The fourth-order valence-electron chi connectivity index (χ4n) is 2.52. The van der Waals surface area contributed by atoms with Crippen molar-refractivity contribution in [2.45, 2.75) is 13.0 Å². The minimum Gasteiger partial charge on any atom is -0.496 e. The Kier molecular flexibility index (Phi) is 7.95. The number of nitrogens with zero attached hydrogens (tertiary/aromatic N) is 1. The van der Waals surface area contributed by atoms with Crippen molar-refractivity contribution in [3.05, 3.63) is 58.2 Å². The molecule has 0 fully saturated rings. The number of amides is 1. The van der Waals surface area contributed by atoms with Gasteiger partial charge in [-0.1, -0.05) is 0 Å². The molecule has 2 aromatic rings. The van der Waals surface area contributed by atoms with Gasteiger partial charge in [0.1, 0.15) is 5.75 Å². The number of ether oxygens (including phenoxy) is 4. The summed E-state index contributed by atoms with van der Waals surface area (Å²) in [7, 11) is 4.45. The molecule has 0 radical (unpaired) electrons. The van der Waals surface area contributed by atoms with Gasteiger partial charge in [0.2, 0.25) is 0 Å². The zero-order valence-corrected chi connectivity index (χ0v) is 17.4. The van der Waals surface area contributed by atoms with Gasteiger partial charge in [-0.05, 0) is 31.2 Å². The molecule has 0 saturated heterocycles. The standard InChI is InChI=1S/C21H22N2O8/c1-13(21(25)22-15-6-8-16(9-7-15)23(26)27)31-20(24)10-5-14-11-18(29-3)19(30-4)12-17(14)28-2/h5-13H,1-4H3,(H,22,25)/b10-5+. The molecule has 0 aromatic heterocycles. The van der Waals surface area contributed by atoms with E-state index in [-0.39, 0.29) is 5.69 Å². The second-order valence-electron chi connectivity index (χ2n) is 6.15. The Morgan fingerprint density at radius 1 is 1.00 bits per heavy atom. The van der Waals surface area contributed by atoms with E-state index in [1.165, 1.54) is 58.6 Å². The predicted molar refractivity (Wildman–Crippen MR) is 112 cm³/mol. The Balaban J connectivity index is 2.02. The van der Waals surface area contributed by atoms with E-state index in [0.717, 1.165) is 6.08 Å². The first kappa shape index (κ1) is 23.2. The monoisotopic (exact) mass is 430 g/mol. The maximum absolute atomic E-state index is 12.2. The molecule has 31 heavy (non-hydrogen) atoms. The van der Waals surface area contributed by atoms with Gasteiger partial charge in [-0.15, -0.1) is 0 Å². The van der Waals surface area contributed by atoms with Gasteiger partial charge in [0.15, 0.2) is 17.6 Å². The average Bonchev–Trinajstić information content (AvgIpc) is 2.77. The molecule has 1 amide bonds. The van der Waals surface area contributed by atoms with Crippen LogP contribution in [-0.4, -0.2) is 44.2 Å². The highest BCUT2D eigenvalue weighted by atomic mass is 16.6. The van der Waals surface area contributed by atoms with Gasteiger partial charge in [0, 0.05) is 35.5 Å². The number of esters is 1. The van der Waals surface area contributed by atoms with Gasteiger partial charge in [-0.3, -0.25) is 14.9 Å². The second-order valence-corrected chi connectivity index (χ2v) is 6.15. The molecule has 2 rings (SSSR count). The van der Waals surface area contributed by atoms with Gasteiger partial charge < -0.3 is 24.3 Å². The van der Waals surface area contributed by atoms with E-state index in [1.807, 2.05) is 0 Å². The van der Waals surface area contributed by atoms with Crippen LogP contribution in [0.1, 0.15) is 12.5 Å². The normalized spacial score (nSPS) is 11.5. The minimum absolute atomic E-state index is 0.104. The highest BCUT2D eigenvalue weighted by Gasteiger charge is 2.17. The van der Waals surface area contributed by atoms with E-state index in [0.29, 0.717) is 28.5 Å². The van der Waals surface area contributed by atoms with Gasteiger partial charge >= 0.3 is 5.97 Å². The molecule has 1 N–H and O–H groups in total. The fraction of sp³-hybridized carbons (Fsp3) is 0.238. The molecule has 0 bridgehead atoms. The van der Waals surface area contributed by atoms with Gasteiger partial charge in [-0.25, -0.2) is 4.79 Å². The first-order valence-electron chi connectivity index (χ1n) is 9.03. The summed E-state index contributed by atoms with van der Waals surface area (Å²) in [5.41, 5.74) is 0.775. The Bertz CT molecular complexity index is 986. The van der Waals surface area contributed by atoms with Crippen LogP contribution in [0.15, 0.2) is 42.5 Å². The van der Waals surface area contributed by atoms with Crippen molar-refractivity contribution >= 4 is 29.3 Å². The molecule has 0 saturated carbocycles. The Hall–Kier alpha value is -4.08. The first-order chi connectivity index (χ1) is 14.8. The van der Waals surface area contributed by atoms with E-state index in [9.17, 15) is 19.7 Å². The third-order valence-electron chi connectivity index (χ3n) is 4.14. The molecule has 1 unspecified atom stereocenters. The smallest absolute Gasteiger partial charge is 0.331 e. The van der Waals surface area contributed by atoms with Crippen molar-refractivity contribution in [3.63, 3.8) is 0 Å². The van der Waals surface area contributed by atoms with Crippen LogP contribution in [0.3, 0.4) is 0 Å². The third kappa shape index (κ3) is 6.20. The van der Waals surface area contributed by atoms with Crippen LogP contribution in [0, 0.1) is 10.1 Å². The summed E-state index contributed by atoms with van der Waals surface area (Å²) >= 11 is 0. The van der Waals surface area contributed by atoms with Crippen LogP contribution in [0.2, 0.25) is 0 Å². The lowest BCUT2D eigenvalue weighted by Gasteiger charge is -2.13. The zero-order chi connectivity index (χ0) is 23.0. The number of nitrogens with one attached hydrogen (secondary N) is 1. The molecule has 0 spiro atoms. The predicted octanol–water partition coefficient (Wildman–Crippen LogP) is 3.20. The summed E-state index contributed by atoms with van der Waals surface area (Å²) in [5, 5.41) is 13.2. The van der Waals surface area contributed by atoms with Crippen LogP contribution in [0.25, 0.3) is 6.08 Å². The van der Waals surface area contributed by atoms with Crippen molar-refractivity contribution in [2.24, 2.45) is 0 Å². The lowest BCUT2D eigenvalue weighted by molar-refractivity contribution is -0.384. The molecule has 1 atom stereocenters.